The first-order valence-corrected chi connectivity index (χ1v) is 18.3. The molecule has 0 N–H and O–H groups in total. The van der Waals surface area contributed by atoms with Crippen LogP contribution in [0.2, 0.25) is 0 Å². The van der Waals surface area contributed by atoms with E-state index in [-0.39, 0.29) is 5.69 Å². The highest BCUT2D eigenvalue weighted by Crippen LogP contribution is 2.58. The van der Waals surface area contributed by atoms with Gasteiger partial charge in [-0.1, -0.05) is 200 Å². The van der Waals surface area contributed by atoms with Crippen LogP contribution < -0.4 is 4.90 Å². The first-order chi connectivity index (χ1) is 38.6. The van der Waals surface area contributed by atoms with Gasteiger partial charge < -0.3 is 4.90 Å². The van der Waals surface area contributed by atoms with Gasteiger partial charge in [0.2, 0.25) is 0 Å². The van der Waals surface area contributed by atoms with Crippen molar-refractivity contribution < 1.29 is 32.9 Å². The van der Waals surface area contributed by atoms with E-state index in [9.17, 15) is 20.6 Å². The van der Waals surface area contributed by atoms with Gasteiger partial charge in [-0.2, -0.15) is 0 Å². The monoisotopic (exact) mass is 763 g/mol. The van der Waals surface area contributed by atoms with Crippen molar-refractivity contribution in [3.05, 3.63) is 269 Å². The summed E-state index contributed by atoms with van der Waals surface area (Å²) < 4.78 is 223. The van der Waals surface area contributed by atoms with Gasteiger partial charge in [0, 0.05) is 26.5 Å². The molecule has 0 aromatic heterocycles. The molecule has 0 saturated heterocycles. The molecule has 0 saturated carbocycles. The van der Waals surface area contributed by atoms with Gasteiger partial charge in [0.1, 0.15) is 0 Å². The second-order valence-corrected chi connectivity index (χ2v) is 13.8. The van der Waals surface area contributed by atoms with Crippen LogP contribution in [0.15, 0.2) is 230 Å². The molecule has 1 heteroatoms. The molecule has 0 aliphatic heterocycles. The van der Waals surface area contributed by atoms with Crippen LogP contribution in [0, 0.1) is 0 Å². The van der Waals surface area contributed by atoms with Gasteiger partial charge in [-0.15, -0.1) is 0 Å². The van der Waals surface area contributed by atoms with E-state index >= 15 is 0 Å². The molecule has 0 amide bonds. The Hall–Kier alpha value is -7.22. The van der Waals surface area contributed by atoms with Crippen LogP contribution in [0.4, 0.5) is 17.1 Å². The smallest absolute Gasteiger partial charge is 0.0714 e. The molecule has 1 unspecified atom stereocenters. The van der Waals surface area contributed by atoms with Gasteiger partial charge in [-0.3, -0.25) is 0 Å². The third kappa shape index (κ3) is 4.96. The molecule has 11 rings (SSSR count). The molecular formula is C57H41N. The number of para-hydroxylation sites is 1. The maximum atomic E-state index is 10.7. The number of rotatable bonds is 7. The fourth-order valence-corrected chi connectivity index (χ4v) is 8.54. The predicted molar refractivity (Wildman–Crippen MR) is 241 cm³/mol. The quantitative estimate of drug-likeness (QED) is 0.156. The number of benzene rings is 9. The molecule has 0 bridgehead atoms. The minimum Gasteiger partial charge on any atom is -0.310 e. The Morgan fingerprint density at radius 3 is 1.76 bits per heavy atom. The normalized spacial score (nSPS) is 21.6. The van der Waals surface area contributed by atoms with Crippen LogP contribution in [-0.2, 0) is 10.8 Å². The largest absolute Gasteiger partial charge is 0.310 e. The van der Waals surface area contributed by atoms with E-state index in [1.54, 1.807) is 12.1 Å². The number of hydrogen-bond donors (Lipinski definition) is 0. The maximum Gasteiger partial charge on any atom is 0.0714 e. The Morgan fingerprint density at radius 1 is 0.414 bits per heavy atom. The minimum absolute atomic E-state index is 0.190. The molecule has 9 aromatic rings. The lowest BCUT2D eigenvalue weighted by molar-refractivity contribution is 0.714. The molecule has 58 heavy (non-hydrogen) atoms. The van der Waals surface area contributed by atoms with Crippen molar-refractivity contribution in [2.45, 2.75) is 17.7 Å². The summed E-state index contributed by atoms with van der Waals surface area (Å²) in [6.07, 6.45) is 0. The third-order valence-corrected chi connectivity index (χ3v) is 10.9. The molecule has 0 radical (unpaired) electrons. The summed E-state index contributed by atoms with van der Waals surface area (Å²) >= 11 is 0. The molecule has 274 valence electrons. The Bertz CT molecular complexity index is 4200. The lowest BCUT2D eigenvalue weighted by atomic mass is 9.67. The molecule has 0 fully saturated rings. The minimum atomic E-state index is -3.84. The zero-order valence-electron chi connectivity index (χ0n) is 54.3. The van der Waals surface area contributed by atoms with E-state index in [1.165, 1.54) is 6.07 Å². The van der Waals surface area contributed by atoms with Crippen LogP contribution in [0.5, 0.6) is 0 Å². The summed E-state index contributed by atoms with van der Waals surface area (Å²) in [5.74, 6) is 0. The van der Waals surface area contributed by atoms with E-state index in [2.05, 4.69) is 0 Å². The van der Waals surface area contributed by atoms with Crippen molar-refractivity contribution >= 4 is 17.1 Å². The van der Waals surface area contributed by atoms with Crippen LogP contribution >= 0.6 is 0 Å². The van der Waals surface area contributed by atoms with Gasteiger partial charge in [0.25, 0.3) is 0 Å². The summed E-state index contributed by atoms with van der Waals surface area (Å²) in [5, 5.41) is 0. The first kappa shape index (κ1) is 17.5. The second-order valence-electron chi connectivity index (χ2n) is 13.8. The third-order valence-electron chi connectivity index (χ3n) is 10.9. The summed E-state index contributed by atoms with van der Waals surface area (Å²) in [5.41, 5.74) is -8.43. The van der Waals surface area contributed by atoms with Gasteiger partial charge >= 0.3 is 0 Å². The summed E-state index contributed by atoms with van der Waals surface area (Å²) in [6.45, 7) is -3.84. The van der Waals surface area contributed by atoms with Gasteiger partial charge in [-0.25, -0.2) is 0 Å². The molecule has 9 aromatic carbocycles. The highest BCUT2D eigenvalue weighted by Gasteiger charge is 2.46. The van der Waals surface area contributed by atoms with E-state index in [0.29, 0.717) is 11.1 Å². The highest BCUT2D eigenvalue weighted by molar-refractivity contribution is 5.94. The van der Waals surface area contributed by atoms with E-state index in [1.807, 2.05) is 84.9 Å². The van der Waals surface area contributed by atoms with Crippen LogP contribution in [0.1, 0.15) is 78.7 Å². The fourth-order valence-electron chi connectivity index (χ4n) is 8.54. The Kier molecular flexibility index (Phi) is 4.07. The Morgan fingerprint density at radius 2 is 1.02 bits per heavy atom. The van der Waals surface area contributed by atoms with E-state index in [0.717, 1.165) is 27.2 Å². The topological polar surface area (TPSA) is 3.24 Å². The predicted octanol–water partition coefficient (Wildman–Crippen LogP) is 14.5. The number of fused-ring (bicyclic) bond motifs is 6. The van der Waals surface area contributed by atoms with Crippen molar-refractivity contribution in [2.75, 3.05) is 4.90 Å². The Labute approximate surface area is 374 Å². The van der Waals surface area contributed by atoms with Crippen molar-refractivity contribution in [2.24, 2.45) is 0 Å². The molecule has 0 heterocycles. The summed E-state index contributed by atoms with van der Waals surface area (Å²) in [6, 6.07) is 9.65. The molecular weight excluding hydrogens is 699 g/mol. The standard InChI is InChI=1S/C57H41N/c1-56(41-22-8-3-9-23-41)51-31-17-14-29-47(51)49-36-34-44(38-53(49)56)58(55-33-19-16-28-46(55)40-20-6-2-7-21-40)45-35-37-50-48-30-15-18-32-52(48)57(54(50)39-45,42-24-10-4-11-25-42)43-26-12-5-13-27-43/h2-39H,1H3/i1D3,2D,3D,6D,7D,8D,9D,14D,16D,17D,19D,20D,21D,22D,23D,28D,29D,31D,33D,34D,36D,38D. The lowest BCUT2D eigenvalue weighted by Crippen LogP contribution is -2.28. The van der Waals surface area contributed by atoms with Gasteiger partial charge in [0.15, 0.2) is 0 Å². The second kappa shape index (κ2) is 13.5. The average Bonchev–Trinajstić information content (AvgIpc) is 4.09. The van der Waals surface area contributed by atoms with E-state index in [4.69, 9.17) is 12.3 Å². The number of nitrogens with zero attached hydrogens (tertiary/aromatic N) is 1. The van der Waals surface area contributed by atoms with Gasteiger partial charge in [-0.05, 0) is 104 Å². The highest BCUT2D eigenvalue weighted by atomic mass is 15.1. The zero-order valence-corrected chi connectivity index (χ0v) is 30.3. The average molecular weight is 764 g/mol. The zero-order chi connectivity index (χ0) is 59.5. The van der Waals surface area contributed by atoms with Crippen molar-refractivity contribution in [1.29, 1.82) is 0 Å². The maximum absolute atomic E-state index is 10.7. The molecule has 1 nitrogen and oxygen atoms in total. The summed E-state index contributed by atoms with van der Waals surface area (Å²) in [4.78, 5) is 0.922. The van der Waals surface area contributed by atoms with Crippen molar-refractivity contribution in [3.8, 4) is 33.4 Å². The molecule has 2 aliphatic carbocycles. The number of hydrogen-bond acceptors (Lipinski definition) is 1. The van der Waals surface area contributed by atoms with Crippen molar-refractivity contribution in [3.63, 3.8) is 0 Å². The lowest BCUT2D eigenvalue weighted by Gasteiger charge is -2.35. The first-order valence-electron chi connectivity index (χ1n) is 30.3. The Balaban J connectivity index is 1.41. The van der Waals surface area contributed by atoms with Gasteiger partial charge in [0.05, 0.1) is 39.9 Å². The van der Waals surface area contributed by atoms with Crippen LogP contribution in [0.3, 0.4) is 0 Å². The summed E-state index contributed by atoms with van der Waals surface area (Å²) in [7, 11) is 0. The molecule has 0 spiro atoms. The number of anilines is 3. The van der Waals surface area contributed by atoms with Crippen LogP contribution in [0.25, 0.3) is 33.4 Å². The molecule has 1 atom stereocenters. The van der Waals surface area contributed by atoms with E-state index < -0.39 is 195 Å². The van der Waals surface area contributed by atoms with Crippen LogP contribution in [-0.4, -0.2) is 0 Å². The fraction of sp³-hybridized carbons (Fsp3) is 0.0526. The molecule has 2 aliphatic rings. The van der Waals surface area contributed by atoms with Crippen molar-refractivity contribution in [1.82, 2.24) is 0 Å². The SMILES string of the molecule is [2H]c1c([2H])c([2H])c(-c2c([2H])c([2H])c([2H])c([2H])c2N(c2ccc3c(c2)C(c2ccccc2)(c2ccccc2)c2ccccc2-3)c2c([2H])c([2H])c3c(c2[2H])C(c2c([2H])c([2H])c([2H])c([2H])c2[2H])(C([2H])([2H])[2H])c2c([2H])c([2H])c([2H])c([2H])c2-3)c([2H])c1[2H].